The lowest BCUT2D eigenvalue weighted by Crippen LogP contribution is -2.24. The van der Waals surface area contributed by atoms with E-state index < -0.39 is 5.97 Å². The summed E-state index contributed by atoms with van der Waals surface area (Å²) >= 11 is 0. The van der Waals surface area contributed by atoms with Gasteiger partial charge in [0.1, 0.15) is 5.75 Å². The van der Waals surface area contributed by atoms with E-state index in [0.717, 1.165) is 11.3 Å². The van der Waals surface area contributed by atoms with Crippen LogP contribution in [0.15, 0.2) is 41.1 Å². The van der Waals surface area contributed by atoms with E-state index in [1.807, 2.05) is 19.1 Å². The minimum atomic E-state index is -0.499. The van der Waals surface area contributed by atoms with Gasteiger partial charge in [0.05, 0.1) is 25.4 Å². The number of allylic oxidation sites excluding steroid dienone is 1. The molecule has 0 unspecified atom stereocenters. The van der Waals surface area contributed by atoms with Crippen molar-refractivity contribution in [2.75, 3.05) is 20.8 Å². The Balaban J connectivity index is 2.48. The van der Waals surface area contributed by atoms with E-state index in [0.29, 0.717) is 23.4 Å². The lowest BCUT2D eigenvalue weighted by atomic mass is 10.0. The lowest BCUT2D eigenvalue weighted by Gasteiger charge is -2.14. The second kappa shape index (κ2) is 6.47. The SMILES string of the molecule is CCN1C(=O)C(=Cc2ccc(OC)cc2)C(C(=O)OC)=C1C. The fourth-order valence-corrected chi connectivity index (χ4v) is 2.48. The number of esters is 1. The van der Waals surface area contributed by atoms with Gasteiger partial charge >= 0.3 is 5.97 Å². The molecule has 0 N–H and O–H groups in total. The Labute approximate surface area is 129 Å². The van der Waals surface area contributed by atoms with Gasteiger partial charge in [-0.05, 0) is 37.6 Å². The molecule has 0 aliphatic carbocycles. The molecule has 2 rings (SSSR count). The molecule has 0 bridgehead atoms. The highest BCUT2D eigenvalue weighted by atomic mass is 16.5. The number of carbonyl (C=O) groups excluding carboxylic acids is 2. The highest BCUT2D eigenvalue weighted by Crippen LogP contribution is 2.31. The van der Waals surface area contributed by atoms with Crippen molar-refractivity contribution >= 4 is 18.0 Å². The average molecular weight is 301 g/mol. The van der Waals surface area contributed by atoms with E-state index in [9.17, 15) is 9.59 Å². The van der Waals surface area contributed by atoms with Crippen LogP contribution in [0.1, 0.15) is 19.4 Å². The summed E-state index contributed by atoms with van der Waals surface area (Å²) in [5.74, 6) is 0.0489. The Morgan fingerprint density at radius 2 is 1.86 bits per heavy atom. The third-order valence-corrected chi connectivity index (χ3v) is 3.64. The molecule has 1 aromatic carbocycles. The number of hydrogen-bond acceptors (Lipinski definition) is 4. The van der Waals surface area contributed by atoms with Crippen LogP contribution < -0.4 is 4.74 Å². The minimum Gasteiger partial charge on any atom is -0.497 e. The van der Waals surface area contributed by atoms with Crippen molar-refractivity contribution in [1.82, 2.24) is 4.90 Å². The molecular formula is C17H19NO4. The summed E-state index contributed by atoms with van der Waals surface area (Å²) in [5.41, 5.74) is 2.12. The summed E-state index contributed by atoms with van der Waals surface area (Å²) in [6.07, 6.45) is 1.70. The van der Waals surface area contributed by atoms with Crippen LogP contribution in [0, 0.1) is 0 Å². The molecule has 0 fully saturated rings. The molecule has 5 nitrogen and oxygen atoms in total. The van der Waals surface area contributed by atoms with Crippen LogP contribution >= 0.6 is 0 Å². The second-order valence-corrected chi connectivity index (χ2v) is 4.83. The summed E-state index contributed by atoms with van der Waals surface area (Å²) in [7, 11) is 2.90. The van der Waals surface area contributed by atoms with Crippen LogP contribution in [-0.4, -0.2) is 37.5 Å². The van der Waals surface area contributed by atoms with Gasteiger partial charge in [-0.2, -0.15) is 0 Å². The zero-order valence-corrected chi connectivity index (χ0v) is 13.2. The van der Waals surface area contributed by atoms with Crippen molar-refractivity contribution in [2.45, 2.75) is 13.8 Å². The molecule has 0 atom stereocenters. The molecule has 0 spiro atoms. The van der Waals surface area contributed by atoms with E-state index in [-0.39, 0.29) is 5.91 Å². The summed E-state index contributed by atoms with van der Waals surface area (Å²) < 4.78 is 9.92. The predicted molar refractivity (Wildman–Crippen MR) is 83.1 cm³/mol. The molecule has 0 radical (unpaired) electrons. The third kappa shape index (κ3) is 2.74. The molecule has 1 aromatic rings. The van der Waals surface area contributed by atoms with Crippen molar-refractivity contribution in [3.8, 4) is 5.75 Å². The molecule has 1 aliphatic rings. The number of ether oxygens (including phenoxy) is 2. The largest absolute Gasteiger partial charge is 0.497 e. The van der Waals surface area contributed by atoms with E-state index in [4.69, 9.17) is 9.47 Å². The van der Waals surface area contributed by atoms with Gasteiger partial charge in [0.25, 0.3) is 5.91 Å². The minimum absolute atomic E-state index is 0.184. The van der Waals surface area contributed by atoms with Crippen molar-refractivity contribution in [2.24, 2.45) is 0 Å². The molecule has 0 aromatic heterocycles. The lowest BCUT2D eigenvalue weighted by molar-refractivity contribution is -0.136. The van der Waals surface area contributed by atoms with Crippen molar-refractivity contribution in [1.29, 1.82) is 0 Å². The molecule has 0 saturated carbocycles. The predicted octanol–water partition coefficient (Wildman–Crippen LogP) is 2.39. The second-order valence-electron chi connectivity index (χ2n) is 4.83. The maximum atomic E-state index is 12.5. The third-order valence-electron chi connectivity index (χ3n) is 3.64. The first-order valence-electron chi connectivity index (χ1n) is 7.00. The quantitative estimate of drug-likeness (QED) is 0.633. The molecule has 22 heavy (non-hydrogen) atoms. The van der Waals surface area contributed by atoms with Crippen LogP contribution in [-0.2, 0) is 14.3 Å². The first-order chi connectivity index (χ1) is 10.5. The van der Waals surface area contributed by atoms with Crippen LogP contribution in [0.5, 0.6) is 5.75 Å². The fourth-order valence-electron chi connectivity index (χ4n) is 2.48. The van der Waals surface area contributed by atoms with Crippen LogP contribution in [0.3, 0.4) is 0 Å². The van der Waals surface area contributed by atoms with Crippen LogP contribution in [0.25, 0.3) is 6.08 Å². The Morgan fingerprint density at radius 3 is 2.36 bits per heavy atom. The highest BCUT2D eigenvalue weighted by Gasteiger charge is 2.35. The van der Waals surface area contributed by atoms with Crippen LogP contribution in [0.4, 0.5) is 0 Å². The van der Waals surface area contributed by atoms with E-state index in [1.54, 1.807) is 37.1 Å². The van der Waals surface area contributed by atoms with Crippen molar-refractivity contribution in [3.63, 3.8) is 0 Å². The number of amides is 1. The molecule has 1 heterocycles. The number of hydrogen-bond donors (Lipinski definition) is 0. The summed E-state index contributed by atoms with van der Waals surface area (Å²) in [4.78, 5) is 26.1. The molecule has 5 heteroatoms. The fraction of sp³-hybridized carbons (Fsp3) is 0.294. The first-order valence-corrected chi connectivity index (χ1v) is 7.00. The van der Waals surface area contributed by atoms with Gasteiger partial charge in [0.2, 0.25) is 0 Å². The summed E-state index contributed by atoms with van der Waals surface area (Å²) in [6.45, 7) is 4.13. The van der Waals surface area contributed by atoms with Gasteiger partial charge in [-0.25, -0.2) is 4.79 Å². The zero-order chi connectivity index (χ0) is 16.3. The van der Waals surface area contributed by atoms with Crippen molar-refractivity contribution in [3.05, 3.63) is 46.7 Å². The Bertz CT molecular complexity index is 656. The smallest absolute Gasteiger partial charge is 0.340 e. The molecule has 0 saturated heterocycles. The van der Waals surface area contributed by atoms with E-state index in [2.05, 4.69) is 0 Å². The van der Waals surface area contributed by atoms with E-state index >= 15 is 0 Å². The van der Waals surface area contributed by atoms with Gasteiger partial charge in [-0.1, -0.05) is 12.1 Å². The Hall–Kier alpha value is -2.56. The normalized spacial score (nSPS) is 16.5. The highest BCUT2D eigenvalue weighted by molar-refractivity contribution is 6.16. The number of carbonyl (C=O) groups is 2. The maximum absolute atomic E-state index is 12.5. The Kier molecular flexibility index (Phi) is 4.65. The maximum Gasteiger partial charge on any atom is 0.340 e. The number of rotatable bonds is 4. The van der Waals surface area contributed by atoms with Gasteiger partial charge in [0.15, 0.2) is 0 Å². The monoisotopic (exact) mass is 301 g/mol. The zero-order valence-electron chi connectivity index (χ0n) is 13.2. The van der Waals surface area contributed by atoms with Gasteiger partial charge in [0, 0.05) is 12.2 Å². The topological polar surface area (TPSA) is 55.8 Å². The summed E-state index contributed by atoms with van der Waals surface area (Å²) in [6, 6.07) is 7.27. The average Bonchev–Trinajstić information content (AvgIpc) is 2.77. The number of likely N-dealkylation sites (N-methyl/N-ethyl adjacent to an activating group) is 1. The number of methoxy groups -OCH3 is 2. The Morgan fingerprint density at radius 1 is 1.23 bits per heavy atom. The van der Waals surface area contributed by atoms with E-state index in [1.165, 1.54) is 7.11 Å². The van der Waals surface area contributed by atoms with Gasteiger partial charge in [-0.3, -0.25) is 4.79 Å². The summed E-state index contributed by atoms with van der Waals surface area (Å²) in [5, 5.41) is 0. The van der Waals surface area contributed by atoms with Crippen LogP contribution in [0.2, 0.25) is 0 Å². The standard InChI is InChI=1S/C17H19NO4/c1-5-18-11(2)15(17(20)22-4)14(16(18)19)10-12-6-8-13(21-3)9-7-12/h6-10H,5H2,1-4H3. The molecule has 1 amide bonds. The molecule has 1 aliphatic heterocycles. The molecule has 116 valence electrons. The molecular weight excluding hydrogens is 282 g/mol. The van der Waals surface area contributed by atoms with Crippen molar-refractivity contribution < 1.29 is 19.1 Å². The number of benzene rings is 1. The van der Waals surface area contributed by atoms with Gasteiger partial charge in [-0.15, -0.1) is 0 Å². The number of nitrogens with zero attached hydrogens (tertiary/aromatic N) is 1. The first kappa shape index (κ1) is 15.8. The van der Waals surface area contributed by atoms with Gasteiger partial charge < -0.3 is 14.4 Å².